The van der Waals surface area contributed by atoms with Crippen LogP contribution in [0.4, 0.5) is 4.39 Å². The number of hydrogen-bond donors (Lipinski definition) is 0. The molecule has 1 saturated heterocycles. The Kier molecular flexibility index (Phi) is 3.67. The summed E-state index contributed by atoms with van der Waals surface area (Å²) < 4.78 is 19.8. The first-order valence-electron chi connectivity index (χ1n) is 8.58. The van der Waals surface area contributed by atoms with Crippen molar-refractivity contribution in [3.05, 3.63) is 65.5 Å². The van der Waals surface area contributed by atoms with E-state index in [1.165, 1.54) is 11.6 Å². The van der Waals surface area contributed by atoms with Crippen molar-refractivity contribution >= 4 is 12.0 Å². The average Bonchev–Trinajstić information content (AvgIpc) is 3.04. The quantitative estimate of drug-likeness (QED) is 0.426. The molecule has 0 radical (unpaired) electrons. The number of allylic oxidation sites excluding steroid dienone is 1. The molecule has 0 unspecified atom stereocenters. The summed E-state index contributed by atoms with van der Waals surface area (Å²) >= 11 is 0. The van der Waals surface area contributed by atoms with Crippen LogP contribution >= 0.6 is 0 Å². The van der Waals surface area contributed by atoms with Crippen LogP contribution in [0.2, 0.25) is 0 Å². The fraction of sp³-hybridized carbons (Fsp3) is 0.381. The van der Waals surface area contributed by atoms with Gasteiger partial charge < -0.3 is 4.74 Å². The van der Waals surface area contributed by atoms with Gasteiger partial charge in [0.15, 0.2) is 0 Å². The predicted molar refractivity (Wildman–Crippen MR) is 91.5 cm³/mol. The fourth-order valence-corrected chi connectivity index (χ4v) is 4.59. The molecule has 2 saturated carbocycles. The number of ether oxygens (including phenoxy) is 1. The summed E-state index contributed by atoms with van der Waals surface area (Å²) in [6.45, 7) is 8.47. The molecule has 3 heteroatoms. The Morgan fingerprint density at radius 2 is 1.79 bits per heavy atom. The van der Waals surface area contributed by atoms with E-state index in [0.29, 0.717) is 17.1 Å². The van der Waals surface area contributed by atoms with Crippen LogP contribution in [0.5, 0.6) is 0 Å². The summed E-state index contributed by atoms with van der Waals surface area (Å²) in [5.41, 5.74) is 3.44. The normalized spacial score (nSPS) is 34.0. The SMILES string of the molecule is C=C1CC[C@H]2C(=C)CC[C@H]3/C(=C/c4ccccc4F)C(=O)O[C@@H]3[C@@H]12. The van der Waals surface area contributed by atoms with Gasteiger partial charge in [0.2, 0.25) is 0 Å². The van der Waals surface area contributed by atoms with E-state index in [0.717, 1.165) is 31.3 Å². The maximum Gasteiger partial charge on any atom is 0.334 e. The van der Waals surface area contributed by atoms with Crippen LogP contribution in [-0.4, -0.2) is 12.1 Å². The predicted octanol–water partition coefficient (Wildman–Crippen LogP) is 4.68. The Labute approximate surface area is 141 Å². The Balaban J connectivity index is 1.74. The fourth-order valence-electron chi connectivity index (χ4n) is 4.59. The number of carbonyl (C=O) groups is 1. The number of benzene rings is 1. The molecule has 0 amide bonds. The van der Waals surface area contributed by atoms with Crippen molar-refractivity contribution in [3.63, 3.8) is 0 Å². The lowest BCUT2D eigenvalue weighted by Gasteiger charge is -2.26. The lowest BCUT2D eigenvalue weighted by Crippen LogP contribution is -2.28. The van der Waals surface area contributed by atoms with Crippen molar-refractivity contribution in [2.24, 2.45) is 17.8 Å². The second-order valence-corrected chi connectivity index (χ2v) is 7.12. The van der Waals surface area contributed by atoms with Crippen molar-refractivity contribution < 1.29 is 13.9 Å². The third kappa shape index (κ3) is 2.34. The Bertz CT molecular complexity index is 761. The molecule has 0 bridgehead atoms. The number of hydrogen-bond acceptors (Lipinski definition) is 2. The van der Waals surface area contributed by atoms with Crippen LogP contribution in [-0.2, 0) is 9.53 Å². The molecule has 1 aromatic carbocycles. The van der Waals surface area contributed by atoms with E-state index >= 15 is 0 Å². The van der Waals surface area contributed by atoms with Crippen molar-refractivity contribution in [1.29, 1.82) is 0 Å². The lowest BCUT2D eigenvalue weighted by atomic mass is 9.81. The van der Waals surface area contributed by atoms with Gasteiger partial charge in [-0.15, -0.1) is 0 Å². The molecule has 4 atom stereocenters. The lowest BCUT2D eigenvalue weighted by molar-refractivity contribution is -0.140. The van der Waals surface area contributed by atoms with Gasteiger partial charge in [0.1, 0.15) is 11.9 Å². The van der Waals surface area contributed by atoms with E-state index in [1.807, 2.05) is 0 Å². The summed E-state index contributed by atoms with van der Waals surface area (Å²) in [7, 11) is 0. The van der Waals surface area contributed by atoms with Crippen molar-refractivity contribution in [2.45, 2.75) is 31.8 Å². The summed E-state index contributed by atoms with van der Waals surface area (Å²) in [5, 5.41) is 0. The van der Waals surface area contributed by atoms with Crippen molar-refractivity contribution in [2.75, 3.05) is 0 Å². The molecule has 2 nitrogen and oxygen atoms in total. The first-order valence-corrected chi connectivity index (χ1v) is 8.58. The highest BCUT2D eigenvalue weighted by atomic mass is 19.1. The minimum Gasteiger partial charge on any atom is -0.458 e. The van der Waals surface area contributed by atoms with Crippen LogP contribution in [0.1, 0.15) is 31.2 Å². The van der Waals surface area contributed by atoms with Gasteiger partial charge in [-0.3, -0.25) is 0 Å². The zero-order valence-electron chi connectivity index (χ0n) is 13.6. The molecule has 124 valence electrons. The van der Waals surface area contributed by atoms with Crippen LogP contribution in [0.25, 0.3) is 6.08 Å². The molecule has 4 rings (SSSR count). The standard InChI is InChI=1S/C21H21FO2/c1-12-7-10-16-17(11-14-5-3-4-6-18(14)22)21(23)24-20(16)19-13(2)8-9-15(12)19/h3-6,11,15-16,19-20H,1-2,7-10H2/b17-11-/t15-,16-,19-,20-/m0/s1. The second kappa shape index (κ2) is 5.73. The molecule has 0 aromatic heterocycles. The maximum absolute atomic E-state index is 14.0. The molecule has 3 aliphatic rings. The number of fused-ring (bicyclic) bond motifs is 3. The van der Waals surface area contributed by atoms with Gasteiger partial charge in [0, 0.05) is 23.0 Å². The molecule has 0 spiro atoms. The van der Waals surface area contributed by atoms with Crippen molar-refractivity contribution in [3.8, 4) is 0 Å². The smallest absolute Gasteiger partial charge is 0.334 e. The van der Waals surface area contributed by atoms with Gasteiger partial charge in [-0.25, -0.2) is 9.18 Å². The zero-order chi connectivity index (χ0) is 16.8. The van der Waals surface area contributed by atoms with Crippen LogP contribution in [0.15, 0.2) is 54.1 Å². The van der Waals surface area contributed by atoms with E-state index < -0.39 is 0 Å². The molecule has 2 aliphatic carbocycles. The highest BCUT2D eigenvalue weighted by molar-refractivity contribution is 5.96. The molecule has 1 aliphatic heterocycles. The highest BCUT2D eigenvalue weighted by Crippen LogP contribution is 2.52. The third-order valence-electron chi connectivity index (χ3n) is 5.83. The Hall–Kier alpha value is -2.16. The summed E-state index contributed by atoms with van der Waals surface area (Å²) in [6.07, 6.45) is 5.24. The van der Waals surface area contributed by atoms with Gasteiger partial charge in [-0.05, 0) is 43.7 Å². The first-order chi connectivity index (χ1) is 11.6. The van der Waals surface area contributed by atoms with E-state index in [-0.39, 0.29) is 29.7 Å². The van der Waals surface area contributed by atoms with Crippen molar-refractivity contribution in [1.82, 2.24) is 0 Å². The van der Waals surface area contributed by atoms with E-state index in [2.05, 4.69) is 13.2 Å². The number of carbonyl (C=O) groups excluding carboxylic acids is 1. The molecule has 1 heterocycles. The van der Waals surface area contributed by atoms with E-state index in [1.54, 1.807) is 24.3 Å². The largest absolute Gasteiger partial charge is 0.458 e. The topological polar surface area (TPSA) is 26.3 Å². The molecular formula is C21H21FO2. The number of halogens is 1. The van der Waals surface area contributed by atoms with Gasteiger partial charge in [-0.2, -0.15) is 0 Å². The molecular weight excluding hydrogens is 303 g/mol. The van der Waals surface area contributed by atoms with E-state index in [9.17, 15) is 9.18 Å². The maximum atomic E-state index is 14.0. The first kappa shape index (κ1) is 15.4. The Morgan fingerprint density at radius 1 is 1.08 bits per heavy atom. The monoisotopic (exact) mass is 324 g/mol. The van der Waals surface area contributed by atoms with Crippen LogP contribution in [0.3, 0.4) is 0 Å². The summed E-state index contributed by atoms with van der Waals surface area (Å²) in [5.74, 6) is -0.0889. The van der Waals surface area contributed by atoms with Gasteiger partial charge in [-0.1, -0.05) is 42.5 Å². The number of rotatable bonds is 1. The minimum absolute atomic E-state index is 0.00120. The van der Waals surface area contributed by atoms with Gasteiger partial charge in [0.25, 0.3) is 0 Å². The minimum atomic E-state index is -0.317. The second-order valence-electron chi connectivity index (χ2n) is 7.12. The van der Waals surface area contributed by atoms with Crippen LogP contribution < -0.4 is 0 Å². The summed E-state index contributed by atoms with van der Waals surface area (Å²) in [4.78, 5) is 12.5. The van der Waals surface area contributed by atoms with Crippen LogP contribution in [0, 0.1) is 23.6 Å². The zero-order valence-corrected chi connectivity index (χ0v) is 13.6. The summed E-state index contributed by atoms with van der Waals surface area (Å²) in [6, 6.07) is 6.52. The molecule has 1 aromatic rings. The number of esters is 1. The Morgan fingerprint density at radius 3 is 2.58 bits per heavy atom. The molecule has 3 fully saturated rings. The van der Waals surface area contributed by atoms with Gasteiger partial charge in [0.05, 0.1) is 0 Å². The average molecular weight is 324 g/mol. The molecule has 0 N–H and O–H groups in total. The van der Waals surface area contributed by atoms with E-state index in [4.69, 9.17) is 4.74 Å². The molecule has 24 heavy (non-hydrogen) atoms. The third-order valence-corrected chi connectivity index (χ3v) is 5.83. The van der Waals surface area contributed by atoms with Gasteiger partial charge >= 0.3 is 5.97 Å². The highest BCUT2D eigenvalue weighted by Gasteiger charge is 2.51.